The molecule has 0 saturated carbocycles. The molecule has 0 aliphatic rings. The standard InChI is InChI=1S/C19H26N2/c1-16(2)21(15-17-9-4-3-5-10-17)14-8-12-18-11-6-7-13-19(18)20/h3-7,9-11,13,16H,8,12,14-15,20H2,1-2H3. The van der Waals surface area contributed by atoms with Crippen molar-refractivity contribution in [3.8, 4) is 0 Å². The summed E-state index contributed by atoms with van der Waals surface area (Å²) in [7, 11) is 0. The van der Waals surface area contributed by atoms with Gasteiger partial charge in [-0.15, -0.1) is 0 Å². The summed E-state index contributed by atoms with van der Waals surface area (Å²) in [5, 5.41) is 0. The third-order valence-electron chi connectivity index (χ3n) is 3.91. The van der Waals surface area contributed by atoms with Crippen molar-refractivity contribution in [3.05, 3.63) is 65.7 Å². The third kappa shape index (κ3) is 4.91. The molecule has 0 aliphatic heterocycles. The Morgan fingerprint density at radius 1 is 0.952 bits per heavy atom. The molecule has 0 fully saturated rings. The number of hydrogen-bond acceptors (Lipinski definition) is 2. The molecule has 112 valence electrons. The van der Waals surface area contributed by atoms with Crippen molar-refractivity contribution in [1.82, 2.24) is 4.90 Å². The lowest BCUT2D eigenvalue weighted by Crippen LogP contribution is -2.31. The van der Waals surface area contributed by atoms with E-state index in [0.717, 1.165) is 31.6 Å². The van der Waals surface area contributed by atoms with E-state index in [1.54, 1.807) is 0 Å². The van der Waals surface area contributed by atoms with Crippen molar-refractivity contribution in [2.24, 2.45) is 0 Å². The van der Waals surface area contributed by atoms with Crippen LogP contribution in [0.1, 0.15) is 31.4 Å². The average Bonchev–Trinajstić information content (AvgIpc) is 2.49. The highest BCUT2D eigenvalue weighted by Crippen LogP contribution is 2.14. The number of anilines is 1. The number of nitrogen functional groups attached to an aromatic ring is 1. The lowest BCUT2D eigenvalue weighted by Gasteiger charge is -2.26. The maximum atomic E-state index is 6.01. The summed E-state index contributed by atoms with van der Waals surface area (Å²) in [5.74, 6) is 0. The number of hydrogen-bond donors (Lipinski definition) is 1. The Hall–Kier alpha value is -1.80. The average molecular weight is 282 g/mol. The van der Waals surface area contributed by atoms with Gasteiger partial charge in [-0.3, -0.25) is 4.90 Å². The highest BCUT2D eigenvalue weighted by molar-refractivity contribution is 5.46. The minimum Gasteiger partial charge on any atom is -0.399 e. The van der Waals surface area contributed by atoms with Gasteiger partial charge in [0.05, 0.1) is 0 Å². The van der Waals surface area contributed by atoms with Crippen LogP contribution in [-0.4, -0.2) is 17.5 Å². The fourth-order valence-electron chi connectivity index (χ4n) is 2.57. The van der Waals surface area contributed by atoms with Gasteiger partial charge in [0.25, 0.3) is 0 Å². The van der Waals surface area contributed by atoms with E-state index in [1.807, 2.05) is 12.1 Å². The van der Waals surface area contributed by atoms with Gasteiger partial charge in [-0.05, 0) is 50.4 Å². The van der Waals surface area contributed by atoms with E-state index in [-0.39, 0.29) is 0 Å². The minimum atomic E-state index is 0.554. The van der Waals surface area contributed by atoms with Crippen LogP contribution in [0.25, 0.3) is 0 Å². The van der Waals surface area contributed by atoms with Gasteiger partial charge in [0.15, 0.2) is 0 Å². The molecule has 2 rings (SSSR count). The number of aryl methyl sites for hydroxylation is 1. The molecule has 0 amide bonds. The van der Waals surface area contributed by atoms with Crippen molar-refractivity contribution in [1.29, 1.82) is 0 Å². The first-order chi connectivity index (χ1) is 10.2. The minimum absolute atomic E-state index is 0.554. The molecule has 0 radical (unpaired) electrons. The summed E-state index contributed by atoms with van der Waals surface area (Å²) in [5.41, 5.74) is 9.57. The smallest absolute Gasteiger partial charge is 0.0346 e. The first-order valence-corrected chi connectivity index (χ1v) is 7.78. The van der Waals surface area contributed by atoms with Crippen molar-refractivity contribution in [2.45, 2.75) is 39.3 Å². The molecular formula is C19H26N2. The molecular weight excluding hydrogens is 256 g/mol. The Balaban J connectivity index is 1.87. The highest BCUT2D eigenvalue weighted by Gasteiger charge is 2.10. The number of rotatable bonds is 7. The summed E-state index contributed by atoms with van der Waals surface area (Å²) in [6.45, 7) is 6.64. The normalized spacial score (nSPS) is 11.2. The number of benzene rings is 2. The van der Waals surface area contributed by atoms with Gasteiger partial charge in [0, 0.05) is 18.3 Å². The summed E-state index contributed by atoms with van der Waals surface area (Å²) >= 11 is 0. The predicted octanol–water partition coefficient (Wildman–Crippen LogP) is 4.11. The molecule has 0 heterocycles. The van der Waals surface area contributed by atoms with Gasteiger partial charge in [-0.25, -0.2) is 0 Å². The Kier molecular flexibility index (Phi) is 5.82. The second kappa shape index (κ2) is 7.84. The van der Waals surface area contributed by atoms with Crippen molar-refractivity contribution >= 4 is 5.69 Å². The zero-order valence-electron chi connectivity index (χ0n) is 13.1. The zero-order valence-corrected chi connectivity index (χ0v) is 13.1. The van der Waals surface area contributed by atoms with E-state index in [9.17, 15) is 0 Å². The van der Waals surface area contributed by atoms with Crippen molar-refractivity contribution in [3.63, 3.8) is 0 Å². The Morgan fingerprint density at radius 3 is 2.29 bits per heavy atom. The number of para-hydroxylation sites is 1. The van der Waals surface area contributed by atoms with Crippen LogP contribution in [0.4, 0.5) is 5.69 Å². The molecule has 2 N–H and O–H groups in total. The van der Waals surface area contributed by atoms with E-state index in [1.165, 1.54) is 11.1 Å². The van der Waals surface area contributed by atoms with Crippen molar-refractivity contribution in [2.75, 3.05) is 12.3 Å². The molecule has 0 saturated heterocycles. The lowest BCUT2D eigenvalue weighted by atomic mass is 10.1. The van der Waals surface area contributed by atoms with Crippen LogP contribution in [0.2, 0.25) is 0 Å². The molecule has 0 aromatic heterocycles. The molecule has 0 atom stereocenters. The highest BCUT2D eigenvalue weighted by atomic mass is 15.1. The van der Waals surface area contributed by atoms with E-state index in [0.29, 0.717) is 6.04 Å². The van der Waals surface area contributed by atoms with E-state index < -0.39 is 0 Å². The maximum absolute atomic E-state index is 6.01. The Morgan fingerprint density at radius 2 is 1.62 bits per heavy atom. The monoisotopic (exact) mass is 282 g/mol. The Labute approximate surface area is 128 Å². The van der Waals surface area contributed by atoms with Crippen LogP contribution in [-0.2, 0) is 13.0 Å². The van der Waals surface area contributed by atoms with Gasteiger partial charge in [0.1, 0.15) is 0 Å². The van der Waals surface area contributed by atoms with Crippen LogP contribution in [0.3, 0.4) is 0 Å². The fourth-order valence-corrected chi connectivity index (χ4v) is 2.57. The SMILES string of the molecule is CC(C)N(CCCc1ccccc1N)Cc1ccccc1. The van der Waals surface area contributed by atoms with Crippen LogP contribution in [0.15, 0.2) is 54.6 Å². The summed E-state index contributed by atoms with van der Waals surface area (Å²) in [4.78, 5) is 2.52. The van der Waals surface area contributed by atoms with Crippen LogP contribution >= 0.6 is 0 Å². The topological polar surface area (TPSA) is 29.3 Å². The molecule has 0 unspecified atom stereocenters. The number of nitrogens with two attached hydrogens (primary N) is 1. The Bertz CT molecular complexity index is 534. The van der Waals surface area contributed by atoms with E-state index >= 15 is 0 Å². The second-order valence-electron chi connectivity index (χ2n) is 5.85. The largest absolute Gasteiger partial charge is 0.399 e. The number of nitrogens with zero attached hydrogens (tertiary/aromatic N) is 1. The second-order valence-corrected chi connectivity index (χ2v) is 5.85. The maximum Gasteiger partial charge on any atom is 0.0346 e. The van der Waals surface area contributed by atoms with E-state index in [2.05, 4.69) is 61.2 Å². The molecule has 0 bridgehead atoms. The molecule has 2 aromatic carbocycles. The molecule has 0 aliphatic carbocycles. The first-order valence-electron chi connectivity index (χ1n) is 7.78. The van der Waals surface area contributed by atoms with Gasteiger partial charge in [-0.1, -0.05) is 48.5 Å². The quantitative estimate of drug-likeness (QED) is 0.774. The van der Waals surface area contributed by atoms with Crippen LogP contribution in [0, 0.1) is 0 Å². The van der Waals surface area contributed by atoms with Crippen LogP contribution in [0.5, 0.6) is 0 Å². The lowest BCUT2D eigenvalue weighted by molar-refractivity contribution is 0.210. The zero-order chi connectivity index (χ0) is 15.1. The van der Waals surface area contributed by atoms with Crippen LogP contribution < -0.4 is 5.73 Å². The van der Waals surface area contributed by atoms with Crippen molar-refractivity contribution < 1.29 is 0 Å². The summed E-state index contributed by atoms with van der Waals surface area (Å²) in [6.07, 6.45) is 2.18. The van der Waals surface area contributed by atoms with Gasteiger partial charge in [0.2, 0.25) is 0 Å². The molecule has 2 heteroatoms. The van der Waals surface area contributed by atoms with Gasteiger partial charge in [-0.2, -0.15) is 0 Å². The summed E-state index contributed by atoms with van der Waals surface area (Å²) in [6, 6.07) is 19.4. The first kappa shape index (κ1) is 15.6. The third-order valence-corrected chi connectivity index (χ3v) is 3.91. The van der Waals surface area contributed by atoms with Gasteiger partial charge < -0.3 is 5.73 Å². The molecule has 2 nitrogen and oxygen atoms in total. The van der Waals surface area contributed by atoms with Gasteiger partial charge >= 0.3 is 0 Å². The molecule has 21 heavy (non-hydrogen) atoms. The summed E-state index contributed by atoms with van der Waals surface area (Å²) < 4.78 is 0. The van der Waals surface area contributed by atoms with E-state index in [4.69, 9.17) is 5.73 Å². The fraction of sp³-hybridized carbons (Fsp3) is 0.368. The molecule has 0 spiro atoms. The molecule has 2 aromatic rings. The predicted molar refractivity (Wildman–Crippen MR) is 91.2 cm³/mol.